The molecule has 0 aromatic heterocycles. The molecule has 6 heteroatoms. The highest BCUT2D eigenvalue weighted by atomic mass is 35.5. The maximum Gasteiger partial charge on any atom is 0.143 e. The summed E-state index contributed by atoms with van der Waals surface area (Å²) in [4.78, 5) is 2.24. The molecule has 0 saturated carbocycles. The Kier molecular flexibility index (Phi) is 4.91. The van der Waals surface area contributed by atoms with E-state index < -0.39 is 0 Å². The van der Waals surface area contributed by atoms with E-state index in [2.05, 4.69) is 10.1 Å². The minimum Gasteiger partial charge on any atom is -0.409 e. The quantitative estimate of drug-likeness (QED) is 0.390. The molecule has 1 aromatic rings. The molecule has 2 rings (SSSR count). The predicted octanol–water partition coefficient (Wildman–Crippen LogP) is 2.95. The van der Waals surface area contributed by atoms with E-state index in [0.717, 1.165) is 31.5 Å². The molecule has 1 aliphatic rings. The van der Waals surface area contributed by atoms with Crippen molar-refractivity contribution in [1.29, 1.82) is 0 Å². The van der Waals surface area contributed by atoms with E-state index in [-0.39, 0.29) is 5.92 Å². The summed E-state index contributed by atoms with van der Waals surface area (Å²) in [5, 5.41) is 13.2. The summed E-state index contributed by atoms with van der Waals surface area (Å²) in [6.07, 6.45) is 1.96. The molecule has 104 valence electrons. The van der Waals surface area contributed by atoms with Gasteiger partial charge in [0.2, 0.25) is 0 Å². The zero-order valence-corrected chi connectivity index (χ0v) is 12.0. The lowest BCUT2D eigenvalue weighted by Crippen LogP contribution is -2.40. The predicted molar refractivity (Wildman–Crippen MR) is 77.9 cm³/mol. The van der Waals surface area contributed by atoms with Gasteiger partial charge in [0.1, 0.15) is 5.84 Å². The fraction of sp³-hybridized carbons (Fsp3) is 0.462. The van der Waals surface area contributed by atoms with E-state index in [1.807, 2.05) is 18.2 Å². The molecule has 0 bridgehead atoms. The number of halogens is 2. The lowest BCUT2D eigenvalue weighted by Gasteiger charge is -2.32. The topological polar surface area (TPSA) is 61.9 Å². The summed E-state index contributed by atoms with van der Waals surface area (Å²) in [6.45, 7) is 2.42. The van der Waals surface area contributed by atoms with Crippen LogP contribution in [-0.4, -0.2) is 29.0 Å². The molecule has 0 spiro atoms. The van der Waals surface area contributed by atoms with E-state index >= 15 is 0 Å². The molecule has 1 heterocycles. The van der Waals surface area contributed by atoms with Crippen molar-refractivity contribution in [2.24, 2.45) is 16.8 Å². The lowest BCUT2D eigenvalue weighted by molar-refractivity contribution is 0.193. The van der Waals surface area contributed by atoms with E-state index in [0.29, 0.717) is 22.4 Å². The van der Waals surface area contributed by atoms with Gasteiger partial charge in [0, 0.05) is 34.6 Å². The highest BCUT2D eigenvalue weighted by molar-refractivity contribution is 6.35. The number of hydrogen-bond acceptors (Lipinski definition) is 3. The number of hydrogen-bond donors (Lipinski definition) is 2. The molecular weight excluding hydrogens is 285 g/mol. The van der Waals surface area contributed by atoms with Gasteiger partial charge in [-0.3, -0.25) is 4.90 Å². The van der Waals surface area contributed by atoms with Crippen LogP contribution in [-0.2, 0) is 6.54 Å². The molecule has 1 saturated heterocycles. The number of nitrogens with two attached hydrogens (primary N) is 1. The van der Waals surface area contributed by atoms with Crippen LogP contribution in [0, 0.1) is 5.92 Å². The Morgan fingerprint density at radius 2 is 2.11 bits per heavy atom. The number of rotatable bonds is 3. The molecule has 0 aliphatic carbocycles. The third-order valence-corrected chi connectivity index (χ3v) is 4.19. The van der Waals surface area contributed by atoms with Gasteiger partial charge in [-0.15, -0.1) is 0 Å². The zero-order valence-electron chi connectivity index (χ0n) is 10.5. The first-order valence-electron chi connectivity index (χ1n) is 6.24. The van der Waals surface area contributed by atoms with Crippen molar-refractivity contribution >= 4 is 29.0 Å². The Hall–Kier alpha value is -0.970. The number of nitrogens with zero attached hydrogens (tertiary/aromatic N) is 2. The first-order valence-corrected chi connectivity index (χ1v) is 7.00. The first-order chi connectivity index (χ1) is 9.11. The average Bonchev–Trinajstić information content (AvgIpc) is 2.42. The molecule has 0 radical (unpaired) electrons. The highest BCUT2D eigenvalue weighted by Gasteiger charge is 2.24. The maximum absolute atomic E-state index is 8.75. The van der Waals surface area contributed by atoms with Crippen LogP contribution in [0.1, 0.15) is 18.4 Å². The fourth-order valence-corrected chi connectivity index (χ4v) is 2.95. The number of benzene rings is 1. The van der Waals surface area contributed by atoms with Crippen LogP contribution in [0.5, 0.6) is 0 Å². The van der Waals surface area contributed by atoms with Crippen LogP contribution in [0.15, 0.2) is 23.4 Å². The minimum atomic E-state index is 0.0972. The summed E-state index contributed by atoms with van der Waals surface area (Å²) in [5.41, 5.74) is 6.62. The molecule has 4 nitrogen and oxygen atoms in total. The molecule has 3 N–H and O–H groups in total. The van der Waals surface area contributed by atoms with Crippen molar-refractivity contribution in [3.8, 4) is 0 Å². The highest BCUT2D eigenvalue weighted by Crippen LogP contribution is 2.27. The SMILES string of the molecule is NC(=NO)C1CCCN(Cc2c(Cl)cccc2Cl)C1. The Labute approximate surface area is 122 Å². The average molecular weight is 302 g/mol. The van der Waals surface area contributed by atoms with E-state index in [9.17, 15) is 0 Å². The Bertz CT molecular complexity index is 459. The van der Waals surface area contributed by atoms with Gasteiger partial charge in [0.25, 0.3) is 0 Å². The fourth-order valence-electron chi connectivity index (χ4n) is 2.43. The van der Waals surface area contributed by atoms with Gasteiger partial charge < -0.3 is 10.9 Å². The third-order valence-electron chi connectivity index (χ3n) is 3.48. The number of piperidine rings is 1. The van der Waals surface area contributed by atoms with Gasteiger partial charge in [0.15, 0.2) is 0 Å². The molecular formula is C13H17Cl2N3O. The summed E-state index contributed by atoms with van der Waals surface area (Å²) >= 11 is 12.4. The van der Waals surface area contributed by atoms with Crippen LogP contribution in [0.3, 0.4) is 0 Å². The second kappa shape index (κ2) is 6.46. The van der Waals surface area contributed by atoms with Gasteiger partial charge in [-0.2, -0.15) is 0 Å². The van der Waals surface area contributed by atoms with Gasteiger partial charge in [0.05, 0.1) is 0 Å². The minimum absolute atomic E-state index is 0.0972. The molecule has 1 aliphatic heterocycles. The van der Waals surface area contributed by atoms with Crippen molar-refractivity contribution in [2.75, 3.05) is 13.1 Å². The zero-order chi connectivity index (χ0) is 13.8. The van der Waals surface area contributed by atoms with Crippen molar-refractivity contribution in [3.63, 3.8) is 0 Å². The van der Waals surface area contributed by atoms with Crippen LogP contribution in [0.4, 0.5) is 0 Å². The van der Waals surface area contributed by atoms with Crippen molar-refractivity contribution < 1.29 is 5.21 Å². The van der Waals surface area contributed by atoms with Crippen LogP contribution in [0.25, 0.3) is 0 Å². The lowest BCUT2D eigenvalue weighted by atomic mass is 9.96. The van der Waals surface area contributed by atoms with E-state index in [4.69, 9.17) is 34.1 Å². The Morgan fingerprint density at radius 1 is 1.42 bits per heavy atom. The van der Waals surface area contributed by atoms with Gasteiger partial charge in [-0.1, -0.05) is 34.4 Å². The third kappa shape index (κ3) is 3.53. The van der Waals surface area contributed by atoms with Gasteiger partial charge in [-0.25, -0.2) is 0 Å². The summed E-state index contributed by atoms with van der Waals surface area (Å²) < 4.78 is 0. The van der Waals surface area contributed by atoms with Crippen molar-refractivity contribution in [3.05, 3.63) is 33.8 Å². The maximum atomic E-state index is 8.75. The molecule has 1 atom stereocenters. The molecule has 0 amide bonds. The van der Waals surface area contributed by atoms with Crippen molar-refractivity contribution in [1.82, 2.24) is 4.90 Å². The largest absolute Gasteiger partial charge is 0.409 e. The van der Waals surface area contributed by atoms with E-state index in [1.54, 1.807) is 0 Å². The normalized spacial score (nSPS) is 21.6. The number of likely N-dealkylation sites (tertiary alicyclic amines) is 1. The van der Waals surface area contributed by atoms with E-state index in [1.165, 1.54) is 0 Å². The summed E-state index contributed by atoms with van der Waals surface area (Å²) in [6, 6.07) is 5.52. The van der Waals surface area contributed by atoms with Crippen LogP contribution in [0.2, 0.25) is 10.0 Å². The standard InChI is InChI=1S/C13H17Cl2N3O/c14-11-4-1-5-12(15)10(11)8-18-6-2-3-9(7-18)13(16)17-19/h1,4-5,9,19H,2-3,6-8H2,(H2,16,17). The molecule has 19 heavy (non-hydrogen) atoms. The molecule has 1 unspecified atom stereocenters. The smallest absolute Gasteiger partial charge is 0.143 e. The summed E-state index contributed by atoms with van der Waals surface area (Å²) in [5.74, 6) is 0.398. The first kappa shape index (κ1) is 14.4. The van der Waals surface area contributed by atoms with Crippen LogP contribution >= 0.6 is 23.2 Å². The second-order valence-corrected chi connectivity index (χ2v) is 5.61. The monoisotopic (exact) mass is 301 g/mol. The molecule has 1 aromatic carbocycles. The Balaban J connectivity index is 2.07. The Morgan fingerprint density at radius 3 is 2.74 bits per heavy atom. The van der Waals surface area contributed by atoms with Crippen molar-refractivity contribution in [2.45, 2.75) is 19.4 Å². The van der Waals surface area contributed by atoms with Crippen LogP contribution < -0.4 is 5.73 Å². The van der Waals surface area contributed by atoms with Gasteiger partial charge >= 0.3 is 0 Å². The second-order valence-electron chi connectivity index (χ2n) is 4.80. The van der Waals surface area contributed by atoms with Gasteiger partial charge in [-0.05, 0) is 31.5 Å². The molecule has 1 fully saturated rings. The summed E-state index contributed by atoms with van der Waals surface area (Å²) in [7, 11) is 0. The number of oxime groups is 1. The number of amidine groups is 1.